The molecule has 0 saturated carbocycles. The summed E-state index contributed by atoms with van der Waals surface area (Å²) < 4.78 is 8.63. The van der Waals surface area contributed by atoms with E-state index < -0.39 is 0 Å². The zero-order valence-corrected chi connectivity index (χ0v) is 12.6. The molecule has 4 rings (SSSR count). The second-order valence-corrected chi connectivity index (χ2v) is 6.29. The predicted molar refractivity (Wildman–Crippen MR) is 82.5 cm³/mol. The second kappa shape index (κ2) is 4.60. The molecule has 1 spiro atoms. The van der Waals surface area contributed by atoms with Gasteiger partial charge in [-0.3, -0.25) is 4.68 Å². The molecule has 1 fully saturated rings. The Hall–Kier alpha value is -1.81. The Balaban J connectivity index is 1.96. The fourth-order valence-corrected chi connectivity index (χ4v) is 3.57. The largest absolute Gasteiger partial charge is 0.482 e. The maximum atomic E-state index is 6.49. The zero-order chi connectivity index (χ0) is 14.4. The molecule has 1 aromatic heterocycles. The number of benzene rings is 1. The third-order valence-electron chi connectivity index (χ3n) is 4.63. The minimum atomic E-state index is -0.206. The lowest BCUT2D eigenvalue weighted by atomic mass is 9.81. The van der Waals surface area contributed by atoms with Crippen molar-refractivity contribution in [3.8, 4) is 17.0 Å². The van der Waals surface area contributed by atoms with Crippen molar-refractivity contribution < 1.29 is 4.74 Å². The van der Waals surface area contributed by atoms with E-state index in [2.05, 4.69) is 53.2 Å². The summed E-state index contributed by atoms with van der Waals surface area (Å²) in [5.41, 5.74) is 3.47. The van der Waals surface area contributed by atoms with Crippen LogP contribution >= 0.6 is 0 Å². The summed E-state index contributed by atoms with van der Waals surface area (Å²) in [6.07, 6.45) is 4.02. The van der Waals surface area contributed by atoms with Crippen LogP contribution < -0.4 is 10.1 Å². The summed E-state index contributed by atoms with van der Waals surface area (Å²) in [5.74, 6) is 0.995. The Kier molecular flexibility index (Phi) is 2.82. The standard InChI is InChI=1S/C17H21N3O/c1-12(2)20-16-13-5-3-4-6-15(13)21-17(14(16)11-19-20)7-9-18-10-8-17/h3-6,11-12,18H,7-10H2,1-2H3. The highest BCUT2D eigenvalue weighted by atomic mass is 16.5. The number of ether oxygens (including phenoxy) is 1. The second-order valence-electron chi connectivity index (χ2n) is 6.29. The third-order valence-corrected chi connectivity index (χ3v) is 4.63. The summed E-state index contributed by atoms with van der Waals surface area (Å²) in [6.45, 7) is 6.35. The van der Waals surface area contributed by atoms with Crippen LogP contribution in [0.25, 0.3) is 11.3 Å². The van der Waals surface area contributed by atoms with Crippen molar-refractivity contribution in [3.63, 3.8) is 0 Å². The molecule has 0 aliphatic carbocycles. The minimum absolute atomic E-state index is 0.206. The normalized spacial score (nSPS) is 19.2. The van der Waals surface area contributed by atoms with Gasteiger partial charge in [-0.2, -0.15) is 5.10 Å². The zero-order valence-electron chi connectivity index (χ0n) is 12.6. The maximum absolute atomic E-state index is 6.49. The molecule has 1 saturated heterocycles. The predicted octanol–water partition coefficient (Wildman–Crippen LogP) is 3.10. The van der Waals surface area contributed by atoms with Crippen molar-refractivity contribution in [2.24, 2.45) is 0 Å². The van der Waals surface area contributed by atoms with Crippen LogP contribution in [-0.4, -0.2) is 22.9 Å². The molecule has 110 valence electrons. The Labute approximate surface area is 125 Å². The first kappa shape index (κ1) is 12.9. The van der Waals surface area contributed by atoms with Crippen LogP contribution in [0.5, 0.6) is 5.75 Å². The smallest absolute Gasteiger partial charge is 0.140 e. The van der Waals surface area contributed by atoms with Gasteiger partial charge in [-0.25, -0.2) is 0 Å². The summed E-state index contributed by atoms with van der Waals surface area (Å²) in [6, 6.07) is 8.69. The highest BCUT2D eigenvalue weighted by molar-refractivity contribution is 5.73. The number of piperidine rings is 1. The van der Waals surface area contributed by atoms with Gasteiger partial charge >= 0.3 is 0 Å². The van der Waals surface area contributed by atoms with Crippen molar-refractivity contribution in [2.75, 3.05) is 13.1 Å². The number of rotatable bonds is 1. The van der Waals surface area contributed by atoms with Gasteiger partial charge in [-0.15, -0.1) is 0 Å². The molecule has 1 N–H and O–H groups in total. The van der Waals surface area contributed by atoms with Crippen molar-refractivity contribution in [3.05, 3.63) is 36.0 Å². The van der Waals surface area contributed by atoms with Gasteiger partial charge < -0.3 is 10.1 Å². The van der Waals surface area contributed by atoms with Crippen LogP contribution in [0.2, 0.25) is 0 Å². The van der Waals surface area contributed by atoms with Crippen LogP contribution in [0.4, 0.5) is 0 Å². The molecule has 2 aliphatic heterocycles. The van der Waals surface area contributed by atoms with E-state index in [0.717, 1.165) is 31.7 Å². The number of nitrogens with zero attached hydrogens (tertiary/aromatic N) is 2. The molecule has 3 heterocycles. The molecule has 0 atom stereocenters. The highest BCUT2D eigenvalue weighted by Gasteiger charge is 2.44. The molecule has 4 nitrogen and oxygen atoms in total. The summed E-state index contributed by atoms with van der Waals surface area (Å²) in [5, 5.41) is 8.10. The number of nitrogens with one attached hydrogen (secondary N) is 1. The number of aromatic nitrogens is 2. The van der Waals surface area contributed by atoms with E-state index in [0.29, 0.717) is 6.04 Å². The van der Waals surface area contributed by atoms with Crippen LogP contribution in [0.3, 0.4) is 0 Å². The van der Waals surface area contributed by atoms with Crippen molar-refractivity contribution in [1.82, 2.24) is 15.1 Å². The average Bonchev–Trinajstić information content (AvgIpc) is 2.95. The Bertz CT molecular complexity index is 668. The van der Waals surface area contributed by atoms with Gasteiger partial charge in [0.1, 0.15) is 11.4 Å². The lowest BCUT2D eigenvalue weighted by Gasteiger charge is -2.41. The number of fused-ring (bicyclic) bond motifs is 4. The highest BCUT2D eigenvalue weighted by Crippen LogP contribution is 2.49. The molecular formula is C17H21N3O. The van der Waals surface area contributed by atoms with Gasteiger partial charge in [0, 0.05) is 30.0 Å². The molecule has 0 unspecified atom stereocenters. The van der Waals surface area contributed by atoms with E-state index in [1.807, 2.05) is 6.20 Å². The molecule has 0 amide bonds. The fourth-order valence-electron chi connectivity index (χ4n) is 3.57. The van der Waals surface area contributed by atoms with Crippen LogP contribution in [0.15, 0.2) is 30.5 Å². The molecule has 2 aliphatic rings. The molecule has 1 aromatic carbocycles. The summed E-state index contributed by atoms with van der Waals surface area (Å²) in [4.78, 5) is 0. The Morgan fingerprint density at radius 1 is 1.24 bits per heavy atom. The van der Waals surface area contributed by atoms with Crippen molar-refractivity contribution in [2.45, 2.75) is 38.3 Å². The van der Waals surface area contributed by atoms with Gasteiger partial charge in [-0.05, 0) is 39.1 Å². The van der Waals surface area contributed by atoms with Crippen molar-refractivity contribution in [1.29, 1.82) is 0 Å². The van der Waals surface area contributed by atoms with Crippen LogP contribution in [0, 0.1) is 0 Å². The van der Waals surface area contributed by atoms with Crippen molar-refractivity contribution >= 4 is 0 Å². The molecule has 0 radical (unpaired) electrons. The first-order valence-corrected chi connectivity index (χ1v) is 7.78. The van der Waals surface area contributed by atoms with E-state index in [1.165, 1.54) is 16.8 Å². The van der Waals surface area contributed by atoms with E-state index >= 15 is 0 Å². The lowest BCUT2D eigenvalue weighted by Crippen LogP contribution is -2.45. The molecule has 4 heteroatoms. The van der Waals surface area contributed by atoms with Crippen LogP contribution in [-0.2, 0) is 5.60 Å². The van der Waals surface area contributed by atoms with Gasteiger partial charge in [0.25, 0.3) is 0 Å². The first-order chi connectivity index (χ1) is 10.2. The topological polar surface area (TPSA) is 39.1 Å². The first-order valence-electron chi connectivity index (χ1n) is 7.78. The molecule has 21 heavy (non-hydrogen) atoms. The lowest BCUT2D eigenvalue weighted by molar-refractivity contribution is 0.0306. The number of para-hydroxylation sites is 1. The average molecular weight is 283 g/mol. The van der Waals surface area contributed by atoms with E-state index in [1.54, 1.807) is 0 Å². The molecule has 2 aromatic rings. The summed E-state index contributed by atoms with van der Waals surface area (Å²) in [7, 11) is 0. The van der Waals surface area contributed by atoms with Gasteiger partial charge in [0.15, 0.2) is 0 Å². The van der Waals surface area contributed by atoms with E-state index in [9.17, 15) is 0 Å². The Morgan fingerprint density at radius 3 is 2.76 bits per heavy atom. The van der Waals surface area contributed by atoms with E-state index in [4.69, 9.17) is 4.74 Å². The van der Waals surface area contributed by atoms with Gasteiger partial charge in [0.2, 0.25) is 0 Å². The van der Waals surface area contributed by atoms with Gasteiger partial charge in [-0.1, -0.05) is 12.1 Å². The number of hydrogen-bond acceptors (Lipinski definition) is 3. The fraction of sp³-hybridized carbons (Fsp3) is 0.471. The van der Waals surface area contributed by atoms with Gasteiger partial charge in [0.05, 0.1) is 11.9 Å². The third kappa shape index (κ3) is 1.82. The molecular weight excluding hydrogens is 262 g/mol. The summed E-state index contributed by atoms with van der Waals surface area (Å²) >= 11 is 0. The van der Waals surface area contributed by atoms with Crippen LogP contribution in [0.1, 0.15) is 38.3 Å². The molecule has 0 bridgehead atoms. The monoisotopic (exact) mass is 283 g/mol. The maximum Gasteiger partial charge on any atom is 0.140 e. The minimum Gasteiger partial charge on any atom is -0.482 e. The quantitative estimate of drug-likeness (QED) is 0.874. The Morgan fingerprint density at radius 2 is 2.00 bits per heavy atom. The number of hydrogen-bond donors (Lipinski definition) is 1. The van der Waals surface area contributed by atoms with E-state index in [-0.39, 0.29) is 5.60 Å². The SMILES string of the molecule is CC(C)n1ncc2c1-c1ccccc1OC21CCNCC1.